The molecule has 2 aromatic rings. The maximum atomic E-state index is 13.0. The first-order valence-corrected chi connectivity index (χ1v) is 9.10. The summed E-state index contributed by atoms with van der Waals surface area (Å²) >= 11 is 0. The van der Waals surface area contributed by atoms with E-state index in [1.807, 2.05) is 12.1 Å². The number of amides is 1. The molecular weight excluding hydrogens is 386 g/mol. The number of aromatic nitrogens is 2. The molecule has 0 bridgehead atoms. The second-order valence-electron chi connectivity index (χ2n) is 6.54. The van der Waals surface area contributed by atoms with E-state index >= 15 is 0 Å². The van der Waals surface area contributed by atoms with Crippen molar-refractivity contribution in [1.29, 1.82) is 0 Å². The minimum Gasteiger partial charge on any atom is -0.493 e. The molecule has 0 N–H and O–H groups in total. The number of methoxy groups -OCH3 is 3. The third-order valence-electron chi connectivity index (χ3n) is 4.86. The second kappa shape index (κ2) is 9.08. The molecule has 8 nitrogen and oxygen atoms in total. The SMILES string of the molecule is COc1cc(CN2CCN(C(=O)c3ccnn3C(F)F)CC2)cc(OC)c1OC. The average molecular weight is 410 g/mol. The molecule has 1 aromatic heterocycles. The second-order valence-corrected chi connectivity index (χ2v) is 6.54. The minimum atomic E-state index is -2.84. The Labute approximate surface area is 167 Å². The maximum absolute atomic E-state index is 13.0. The minimum absolute atomic E-state index is 0.0990. The number of carbonyl (C=O) groups is 1. The summed E-state index contributed by atoms with van der Waals surface area (Å²) in [5, 5.41) is 3.52. The Balaban J connectivity index is 1.64. The molecule has 1 aromatic carbocycles. The summed E-state index contributed by atoms with van der Waals surface area (Å²) in [6, 6.07) is 5.09. The van der Waals surface area contributed by atoms with Gasteiger partial charge < -0.3 is 19.1 Å². The fourth-order valence-corrected chi connectivity index (χ4v) is 3.40. The van der Waals surface area contributed by atoms with Crippen LogP contribution in [-0.4, -0.2) is 73.0 Å². The molecule has 2 heterocycles. The first kappa shape index (κ1) is 20.8. The van der Waals surface area contributed by atoms with E-state index in [2.05, 4.69) is 10.00 Å². The van der Waals surface area contributed by atoms with E-state index in [0.29, 0.717) is 54.7 Å². The number of benzene rings is 1. The molecule has 3 rings (SSSR count). The van der Waals surface area contributed by atoms with Gasteiger partial charge in [-0.05, 0) is 23.8 Å². The van der Waals surface area contributed by atoms with E-state index in [4.69, 9.17) is 14.2 Å². The van der Waals surface area contributed by atoms with Crippen molar-refractivity contribution in [1.82, 2.24) is 19.6 Å². The summed E-state index contributed by atoms with van der Waals surface area (Å²) in [4.78, 5) is 16.3. The Hall–Kier alpha value is -2.88. The fourth-order valence-electron chi connectivity index (χ4n) is 3.40. The van der Waals surface area contributed by atoms with Gasteiger partial charge in [-0.2, -0.15) is 18.6 Å². The number of carbonyl (C=O) groups excluding carboxylic acids is 1. The lowest BCUT2D eigenvalue weighted by molar-refractivity contribution is 0.0424. The molecule has 29 heavy (non-hydrogen) atoms. The number of hydrogen-bond acceptors (Lipinski definition) is 6. The van der Waals surface area contributed by atoms with Gasteiger partial charge in [0.1, 0.15) is 5.69 Å². The van der Waals surface area contributed by atoms with E-state index < -0.39 is 12.5 Å². The van der Waals surface area contributed by atoms with Gasteiger partial charge >= 0.3 is 6.55 Å². The van der Waals surface area contributed by atoms with Gasteiger partial charge in [0.2, 0.25) is 5.75 Å². The van der Waals surface area contributed by atoms with Crippen LogP contribution in [0.3, 0.4) is 0 Å². The van der Waals surface area contributed by atoms with Crippen molar-refractivity contribution in [2.24, 2.45) is 0 Å². The van der Waals surface area contributed by atoms with Gasteiger partial charge in [-0.3, -0.25) is 9.69 Å². The predicted molar refractivity (Wildman–Crippen MR) is 101 cm³/mol. The normalized spacial score (nSPS) is 14.9. The smallest absolute Gasteiger partial charge is 0.333 e. The Morgan fingerprint density at radius 1 is 1.07 bits per heavy atom. The number of hydrogen-bond donors (Lipinski definition) is 0. The van der Waals surface area contributed by atoms with Crippen LogP contribution < -0.4 is 14.2 Å². The molecule has 10 heteroatoms. The number of nitrogens with zero attached hydrogens (tertiary/aromatic N) is 4. The van der Waals surface area contributed by atoms with Gasteiger partial charge in [0, 0.05) is 38.9 Å². The number of piperazine rings is 1. The van der Waals surface area contributed by atoms with Crippen LogP contribution >= 0.6 is 0 Å². The van der Waals surface area contributed by atoms with Crippen molar-refractivity contribution in [3.8, 4) is 17.2 Å². The van der Waals surface area contributed by atoms with Crippen LogP contribution in [0.15, 0.2) is 24.4 Å². The standard InChI is InChI=1S/C19H24F2N4O4/c1-27-15-10-13(11-16(28-2)17(15)29-3)12-23-6-8-24(9-7-23)18(26)14-4-5-22-25(14)19(20)21/h4-5,10-11,19H,6-9,12H2,1-3H3. The number of ether oxygens (including phenoxy) is 3. The Bertz CT molecular complexity index is 825. The van der Waals surface area contributed by atoms with Crippen LogP contribution in [0.25, 0.3) is 0 Å². The van der Waals surface area contributed by atoms with Gasteiger partial charge in [0.15, 0.2) is 11.5 Å². The zero-order valence-corrected chi connectivity index (χ0v) is 16.6. The zero-order valence-electron chi connectivity index (χ0n) is 16.6. The van der Waals surface area contributed by atoms with Gasteiger partial charge in [-0.15, -0.1) is 0 Å². The summed E-state index contributed by atoms with van der Waals surface area (Å²) in [5.41, 5.74) is 0.883. The first-order valence-electron chi connectivity index (χ1n) is 9.10. The Morgan fingerprint density at radius 3 is 2.21 bits per heavy atom. The Morgan fingerprint density at radius 2 is 1.69 bits per heavy atom. The molecule has 1 fully saturated rings. The molecule has 0 atom stereocenters. The summed E-state index contributed by atoms with van der Waals surface area (Å²) in [7, 11) is 4.68. The molecule has 1 saturated heterocycles. The lowest BCUT2D eigenvalue weighted by Crippen LogP contribution is -2.48. The third-order valence-corrected chi connectivity index (χ3v) is 4.86. The molecule has 1 aliphatic rings. The molecule has 0 unspecified atom stereocenters. The van der Waals surface area contributed by atoms with Crippen molar-refractivity contribution in [3.63, 3.8) is 0 Å². The lowest BCUT2D eigenvalue weighted by Gasteiger charge is -2.34. The van der Waals surface area contributed by atoms with Crippen LogP contribution in [0.5, 0.6) is 17.2 Å². The monoisotopic (exact) mass is 410 g/mol. The number of rotatable bonds is 7. The molecule has 1 amide bonds. The van der Waals surface area contributed by atoms with Crippen molar-refractivity contribution in [3.05, 3.63) is 35.7 Å². The van der Waals surface area contributed by atoms with E-state index in [0.717, 1.165) is 5.56 Å². The molecular formula is C19H24F2N4O4. The molecule has 0 aliphatic carbocycles. The number of alkyl halides is 2. The molecule has 0 spiro atoms. The van der Waals surface area contributed by atoms with Crippen LogP contribution in [-0.2, 0) is 6.54 Å². The van der Waals surface area contributed by atoms with Gasteiger partial charge in [-0.1, -0.05) is 0 Å². The quantitative estimate of drug-likeness (QED) is 0.698. The van der Waals surface area contributed by atoms with E-state index in [1.54, 1.807) is 26.2 Å². The molecule has 0 saturated carbocycles. The summed E-state index contributed by atoms with van der Waals surface area (Å²) in [6.07, 6.45) is 1.21. The van der Waals surface area contributed by atoms with Crippen molar-refractivity contribution in [2.75, 3.05) is 47.5 Å². The van der Waals surface area contributed by atoms with Crippen molar-refractivity contribution < 1.29 is 27.8 Å². The number of halogens is 2. The zero-order chi connectivity index (χ0) is 21.0. The molecule has 158 valence electrons. The van der Waals surface area contributed by atoms with Crippen LogP contribution in [0.4, 0.5) is 8.78 Å². The van der Waals surface area contributed by atoms with Crippen LogP contribution in [0.1, 0.15) is 22.6 Å². The highest BCUT2D eigenvalue weighted by atomic mass is 19.3. The van der Waals surface area contributed by atoms with Crippen LogP contribution in [0, 0.1) is 0 Å². The lowest BCUT2D eigenvalue weighted by atomic mass is 10.1. The maximum Gasteiger partial charge on any atom is 0.333 e. The third kappa shape index (κ3) is 4.42. The summed E-state index contributed by atoms with van der Waals surface area (Å²) in [5.74, 6) is 1.26. The van der Waals surface area contributed by atoms with Gasteiger partial charge in [-0.25, -0.2) is 0 Å². The van der Waals surface area contributed by atoms with Gasteiger partial charge in [0.05, 0.1) is 21.3 Å². The first-order chi connectivity index (χ1) is 14.0. The van der Waals surface area contributed by atoms with E-state index in [-0.39, 0.29) is 5.69 Å². The molecule has 0 radical (unpaired) electrons. The Kier molecular flexibility index (Phi) is 6.53. The largest absolute Gasteiger partial charge is 0.493 e. The summed E-state index contributed by atoms with van der Waals surface area (Å²) in [6.45, 7) is -0.0928. The topological polar surface area (TPSA) is 69.1 Å². The highest BCUT2D eigenvalue weighted by molar-refractivity contribution is 5.92. The van der Waals surface area contributed by atoms with Crippen molar-refractivity contribution in [2.45, 2.75) is 13.1 Å². The highest BCUT2D eigenvalue weighted by Crippen LogP contribution is 2.38. The fraction of sp³-hybridized carbons (Fsp3) is 0.474. The average Bonchev–Trinajstić information content (AvgIpc) is 3.23. The van der Waals surface area contributed by atoms with Crippen LogP contribution in [0.2, 0.25) is 0 Å². The van der Waals surface area contributed by atoms with Gasteiger partial charge in [0.25, 0.3) is 5.91 Å². The highest BCUT2D eigenvalue weighted by Gasteiger charge is 2.26. The van der Waals surface area contributed by atoms with E-state index in [1.165, 1.54) is 12.3 Å². The predicted octanol–water partition coefficient (Wildman–Crippen LogP) is 2.26. The molecule has 1 aliphatic heterocycles. The van der Waals surface area contributed by atoms with E-state index in [9.17, 15) is 13.6 Å². The summed E-state index contributed by atoms with van der Waals surface area (Å²) < 4.78 is 42.5. The van der Waals surface area contributed by atoms with Crippen molar-refractivity contribution >= 4 is 5.91 Å².